The molecule has 1 saturated heterocycles. The highest BCUT2D eigenvalue weighted by atomic mass is 16.3. The minimum Gasteiger partial charge on any atom is -0.463 e. The topological polar surface area (TPSA) is 59.6 Å². The first-order valence-corrected chi connectivity index (χ1v) is 10.6. The van der Waals surface area contributed by atoms with Crippen LogP contribution in [0.3, 0.4) is 0 Å². The predicted octanol–water partition coefficient (Wildman–Crippen LogP) is 2.91. The van der Waals surface area contributed by atoms with E-state index in [0.717, 1.165) is 46.6 Å². The highest BCUT2D eigenvalue weighted by Crippen LogP contribution is 2.23. The van der Waals surface area contributed by atoms with Gasteiger partial charge in [0.1, 0.15) is 0 Å². The molecule has 0 radical (unpaired) electrons. The molecule has 1 fully saturated rings. The molecule has 5 heteroatoms. The summed E-state index contributed by atoms with van der Waals surface area (Å²) in [6, 6.07) is 12.2. The predicted molar refractivity (Wildman–Crippen MR) is 114 cm³/mol. The van der Waals surface area contributed by atoms with Gasteiger partial charge in [-0.25, -0.2) is 0 Å². The van der Waals surface area contributed by atoms with Gasteiger partial charge in [-0.15, -0.1) is 0 Å². The van der Waals surface area contributed by atoms with Crippen LogP contribution in [0, 0.1) is 13.8 Å². The largest absolute Gasteiger partial charge is 0.463 e. The number of fused-ring (bicyclic) bond motifs is 1. The van der Waals surface area contributed by atoms with Crippen molar-refractivity contribution in [3.8, 4) is 0 Å². The molecule has 0 spiro atoms. The van der Waals surface area contributed by atoms with E-state index in [0.29, 0.717) is 13.0 Å². The Morgan fingerprint density at radius 1 is 1.14 bits per heavy atom. The Labute approximate surface area is 172 Å². The summed E-state index contributed by atoms with van der Waals surface area (Å²) >= 11 is 0. The van der Waals surface area contributed by atoms with Crippen molar-refractivity contribution in [1.29, 1.82) is 0 Å². The van der Waals surface area contributed by atoms with Crippen LogP contribution in [0.5, 0.6) is 0 Å². The van der Waals surface area contributed by atoms with Gasteiger partial charge in [0.05, 0.1) is 37.8 Å². The van der Waals surface area contributed by atoms with Gasteiger partial charge >= 0.3 is 0 Å². The summed E-state index contributed by atoms with van der Waals surface area (Å²) in [5.74, 6) is 1.00. The molecule has 0 bridgehead atoms. The Hall–Kier alpha value is -2.66. The average molecular weight is 393 g/mol. The summed E-state index contributed by atoms with van der Waals surface area (Å²) in [5, 5.41) is 4.29. The lowest BCUT2D eigenvalue weighted by Crippen LogP contribution is -3.13. The van der Waals surface area contributed by atoms with Crippen molar-refractivity contribution in [2.75, 3.05) is 19.6 Å². The van der Waals surface area contributed by atoms with Crippen LogP contribution >= 0.6 is 0 Å². The Kier molecular flexibility index (Phi) is 5.95. The van der Waals surface area contributed by atoms with Gasteiger partial charge in [0.25, 0.3) is 0 Å². The number of carbonyl (C=O) groups excluding carboxylic acids is 1. The molecule has 1 aromatic carbocycles. The molecule has 2 aromatic heterocycles. The number of aryl methyl sites for hydroxylation is 2. The highest BCUT2D eigenvalue weighted by molar-refractivity contribution is 5.86. The van der Waals surface area contributed by atoms with E-state index >= 15 is 0 Å². The van der Waals surface area contributed by atoms with E-state index in [1.807, 2.05) is 37.3 Å². The van der Waals surface area contributed by atoms with E-state index in [1.54, 1.807) is 6.26 Å². The molecule has 5 nitrogen and oxygen atoms in total. The standard InChI is InChI=1S/C24H29N3O2/c1-17-19-9-4-5-10-21(19)26-18(2)20(17)15-24(28)25-16-22(23-11-8-14-29-23)27-12-6-3-7-13-27/h4-5,8-11,14,22H,3,6-7,12-13,15-16H2,1-2H3,(H,25,28)/p+1/t22-/m1/s1. The van der Waals surface area contributed by atoms with Gasteiger partial charge in [0, 0.05) is 11.1 Å². The van der Waals surface area contributed by atoms with E-state index in [1.165, 1.54) is 24.2 Å². The Morgan fingerprint density at radius 3 is 2.69 bits per heavy atom. The lowest BCUT2D eigenvalue weighted by Gasteiger charge is -2.30. The number of pyridine rings is 1. The molecule has 152 valence electrons. The van der Waals surface area contributed by atoms with Gasteiger partial charge in [-0.3, -0.25) is 9.78 Å². The monoisotopic (exact) mass is 392 g/mol. The second-order valence-electron chi connectivity index (χ2n) is 8.09. The number of benzene rings is 1. The van der Waals surface area contributed by atoms with Gasteiger partial charge in [-0.2, -0.15) is 0 Å². The first-order valence-electron chi connectivity index (χ1n) is 10.6. The maximum Gasteiger partial charge on any atom is 0.224 e. The SMILES string of the molecule is Cc1nc2ccccc2c(C)c1CC(=O)NC[C@H](c1ccco1)[NH+]1CCCCC1. The van der Waals surface area contributed by atoms with Gasteiger partial charge < -0.3 is 14.6 Å². The smallest absolute Gasteiger partial charge is 0.224 e. The number of likely N-dealkylation sites (tertiary alicyclic amines) is 1. The number of hydrogen-bond acceptors (Lipinski definition) is 3. The Bertz CT molecular complexity index is 975. The van der Waals surface area contributed by atoms with Crippen LogP contribution < -0.4 is 10.2 Å². The van der Waals surface area contributed by atoms with Crippen LogP contribution in [0.25, 0.3) is 10.9 Å². The zero-order chi connectivity index (χ0) is 20.2. The quantitative estimate of drug-likeness (QED) is 0.678. The normalized spacial score (nSPS) is 16.1. The molecule has 29 heavy (non-hydrogen) atoms. The molecule has 1 amide bonds. The second-order valence-corrected chi connectivity index (χ2v) is 8.09. The first kappa shape index (κ1) is 19.6. The molecule has 0 aliphatic carbocycles. The summed E-state index contributed by atoms with van der Waals surface area (Å²) in [5.41, 5.74) is 4.09. The van der Waals surface area contributed by atoms with Crippen LogP contribution in [-0.4, -0.2) is 30.5 Å². The number of nitrogens with zero attached hydrogens (tertiary/aromatic N) is 1. The minimum absolute atomic E-state index is 0.0428. The van der Waals surface area contributed by atoms with E-state index in [2.05, 4.69) is 18.3 Å². The summed E-state index contributed by atoms with van der Waals surface area (Å²) in [4.78, 5) is 19.0. The summed E-state index contributed by atoms with van der Waals surface area (Å²) in [7, 11) is 0. The molecule has 1 atom stereocenters. The number of quaternary nitrogens is 1. The number of nitrogens with one attached hydrogen (secondary N) is 2. The van der Waals surface area contributed by atoms with Crippen molar-refractivity contribution < 1.29 is 14.1 Å². The van der Waals surface area contributed by atoms with E-state index in [4.69, 9.17) is 9.40 Å². The number of para-hydroxylation sites is 1. The summed E-state index contributed by atoms with van der Waals surface area (Å²) in [6.45, 7) is 6.94. The molecule has 1 aliphatic heterocycles. The fraction of sp³-hybridized carbons (Fsp3) is 0.417. The van der Waals surface area contributed by atoms with Crippen molar-refractivity contribution in [3.63, 3.8) is 0 Å². The first-order chi connectivity index (χ1) is 14.1. The number of piperidine rings is 1. The minimum atomic E-state index is 0.0428. The Balaban J connectivity index is 1.47. The van der Waals surface area contributed by atoms with Gasteiger partial charge in [-0.05, 0) is 62.4 Å². The van der Waals surface area contributed by atoms with Gasteiger partial charge in [-0.1, -0.05) is 18.2 Å². The van der Waals surface area contributed by atoms with Crippen LogP contribution in [0.15, 0.2) is 47.1 Å². The molecule has 4 rings (SSSR count). The maximum absolute atomic E-state index is 12.8. The van der Waals surface area contributed by atoms with Crippen molar-refractivity contribution in [2.45, 2.75) is 45.6 Å². The number of furan rings is 1. The maximum atomic E-state index is 12.8. The molecule has 0 saturated carbocycles. The highest BCUT2D eigenvalue weighted by Gasteiger charge is 2.28. The number of carbonyl (C=O) groups is 1. The van der Waals surface area contributed by atoms with Crippen molar-refractivity contribution in [3.05, 3.63) is 65.2 Å². The van der Waals surface area contributed by atoms with Crippen LogP contribution in [-0.2, 0) is 11.2 Å². The zero-order valence-corrected chi connectivity index (χ0v) is 17.3. The fourth-order valence-electron chi connectivity index (χ4n) is 4.56. The van der Waals surface area contributed by atoms with E-state index in [9.17, 15) is 4.79 Å². The zero-order valence-electron chi connectivity index (χ0n) is 17.3. The Morgan fingerprint density at radius 2 is 1.93 bits per heavy atom. The van der Waals surface area contributed by atoms with E-state index in [-0.39, 0.29) is 11.9 Å². The van der Waals surface area contributed by atoms with Gasteiger partial charge in [0.15, 0.2) is 11.8 Å². The number of hydrogen-bond donors (Lipinski definition) is 2. The molecule has 1 aliphatic rings. The third-order valence-corrected chi connectivity index (χ3v) is 6.20. The molecule has 0 unspecified atom stereocenters. The van der Waals surface area contributed by atoms with E-state index < -0.39 is 0 Å². The number of amides is 1. The molecular formula is C24H30N3O2+. The third kappa shape index (κ3) is 4.35. The fourth-order valence-corrected chi connectivity index (χ4v) is 4.56. The van der Waals surface area contributed by atoms with Crippen LogP contribution in [0.2, 0.25) is 0 Å². The lowest BCUT2D eigenvalue weighted by molar-refractivity contribution is -0.936. The molecule has 2 N–H and O–H groups in total. The van der Waals surface area contributed by atoms with Crippen molar-refractivity contribution in [1.82, 2.24) is 10.3 Å². The molecule has 3 aromatic rings. The third-order valence-electron chi connectivity index (χ3n) is 6.20. The van der Waals surface area contributed by atoms with Crippen LogP contribution in [0.4, 0.5) is 0 Å². The summed E-state index contributed by atoms with van der Waals surface area (Å²) in [6.07, 6.45) is 5.86. The lowest BCUT2D eigenvalue weighted by atomic mass is 9.99. The number of aromatic nitrogens is 1. The van der Waals surface area contributed by atoms with Gasteiger partial charge in [0.2, 0.25) is 5.91 Å². The average Bonchev–Trinajstić information content (AvgIpc) is 3.27. The summed E-state index contributed by atoms with van der Waals surface area (Å²) < 4.78 is 5.70. The van der Waals surface area contributed by atoms with Crippen molar-refractivity contribution in [2.24, 2.45) is 0 Å². The number of rotatable bonds is 6. The van der Waals surface area contributed by atoms with Crippen molar-refractivity contribution >= 4 is 16.8 Å². The molecule has 3 heterocycles. The second kappa shape index (κ2) is 8.78. The molecular weight excluding hydrogens is 362 g/mol. The van der Waals surface area contributed by atoms with Crippen LogP contribution in [0.1, 0.15) is 47.9 Å².